The van der Waals surface area contributed by atoms with E-state index >= 15 is 0 Å². The molecule has 3 heterocycles. The molecule has 1 aromatic carbocycles. The van der Waals surface area contributed by atoms with E-state index in [2.05, 4.69) is 4.40 Å². The molecule has 0 unspecified atom stereocenters. The number of sulfonamides is 1. The minimum absolute atomic E-state index is 0.149. The summed E-state index contributed by atoms with van der Waals surface area (Å²) in [5.74, 6) is -0.594. The highest BCUT2D eigenvalue weighted by Crippen LogP contribution is 2.30. The van der Waals surface area contributed by atoms with Crippen LogP contribution in [0.5, 0.6) is 0 Å². The van der Waals surface area contributed by atoms with E-state index in [1.54, 1.807) is 36.1 Å². The van der Waals surface area contributed by atoms with Crippen LogP contribution in [-0.4, -0.2) is 68.2 Å². The van der Waals surface area contributed by atoms with Gasteiger partial charge >= 0.3 is 5.97 Å². The maximum atomic E-state index is 12.7. The molecule has 156 valence electrons. The van der Waals surface area contributed by atoms with Crippen molar-refractivity contribution in [3.8, 4) is 0 Å². The Morgan fingerprint density at radius 2 is 1.86 bits per heavy atom. The van der Waals surface area contributed by atoms with Gasteiger partial charge in [0.15, 0.2) is 11.9 Å². The molecule has 0 spiro atoms. The predicted octanol–water partition coefficient (Wildman–Crippen LogP) is 1.40. The number of hydrogen-bond donors (Lipinski definition) is 0. The first-order valence-corrected chi connectivity index (χ1v) is 11.5. The van der Waals surface area contributed by atoms with Gasteiger partial charge in [0, 0.05) is 31.7 Å². The number of esters is 1. The van der Waals surface area contributed by atoms with Gasteiger partial charge in [-0.15, -0.1) is 4.40 Å². The average Bonchev–Trinajstić information content (AvgIpc) is 3.34. The topological polar surface area (TPSA) is 96.3 Å². The standard InChI is InChI=1S/C20H25N3O5S/c1-14(19(24)22-10-4-5-11-22)28-20(25)15-7-6-12-23(13-15)18-16-8-2-3-9-17(16)29(26,27)21-18/h2-3,8-9,14-15H,4-7,10-13H2,1H3/t14-,15+/m0/s1. The van der Waals surface area contributed by atoms with Crippen LogP contribution >= 0.6 is 0 Å². The summed E-state index contributed by atoms with van der Waals surface area (Å²) in [4.78, 5) is 28.9. The molecule has 0 radical (unpaired) electrons. The van der Waals surface area contributed by atoms with Gasteiger partial charge in [0.1, 0.15) is 4.90 Å². The fourth-order valence-corrected chi connectivity index (χ4v) is 5.42. The highest BCUT2D eigenvalue weighted by molar-refractivity contribution is 7.90. The number of piperidine rings is 1. The highest BCUT2D eigenvalue weighted by atomic mass is 32.2. The summed E-state index contributed by atoms with van der Waals surface area (Å²) >= 11 is 0. The minimum Gasteiger partial charge on any atom is -0.452 e. The molecule has 2 fully saturated rings. The van der Waals surface area contributed by atoms with Crippen LogP contribution in [0.2, 0.25) is 0 Å². The Labute approximate surface area is 170 Å². The lowest BCUT2D eigenvalue weighted by Crippen LogP contribution is -2.44. The summed E-state index contributed by atoms with van der Waals surface area (Å²) in [6, 6.07) is 6.72. The number of fused-ring (bicyclic) bond motifs is 1. The van der Waals surface area contributed by atoms with E-state index in [0.717, 1.165) is 19.3 Å². The second kappa shape index (κ2) is 7.78. The van der Waals surface area contributed by atoms with Crippen LogP contribution in [0.1, 0.15) is 38.2 Å². The molecule has 0 aromatic heterocycles. The van der Waals surface area contributed by atoms with Gasteiger partial charge in [0.05, 0.1) is 5.92 Å². The number of benzene rings is 1. The third kappa shape index (κ3) is 3.88. The van der Waals surface area contributed by atoms with Crippen molar-refractivity contribution in [1.82, 2.24) is 9.80 Å². The smallest absolute Gasteiger partial charge is 0.311 e. The van der Waals surface area contributed by atoms with E-state index < -0.39 is 28.0 Å². The van der Waals surface area contributed by atoms with E-state index in [-0.39, 0.29) is 10.8 Å². The first kappa shape index (κ1) is 19.9. The summed E-state index contributed by atoms with van der Waals surface area (Å²) in [5.41, 5.74) is 0.569. The van der Waals surface area contributed by atoms with Crippen molar-refractivity contribution in [2.45, 2.75) is 43.6 Å². The lowest BCUT2D eigenvalue weighted by Gasteiger charge is -2.33. The third-order valence-electron chi connectivity index (χ3n) is 5.73. The number of hydrogen-bond acceptors (Lipinski definition) is 6. The van der Waals surface area contributed by atoms with Crippen molar-refractivity contribution in [2.75, 3.05) is 26.2 Å². The van der Waals surface area contributed by atoms with Crippen LogP contribution in [0, 0.1) is 5.92 Å². The zero-order valence-electron chi connectivity index (χ0n) is 16.4. The number of carbonyl (C=O) groups is 2. The number of carbonyl (C=O) groups excluding carboxylic acids is 2. The summed E-state index contributed by atoms with van der Waals surface area (Å²) in [7, 11) is -3.70. The normalized spacial score (nSPS) is 24.0. The molecule has 3 aliphatic rings. The van der Waals surface area contributed by atoms with E-state index in [0.29, 0.717) is 44.0 Å². The number of nitrogens with zero attached hydrogens (tertiary/aromatic N) is 3. The number of amides is 1. The van der Waals surface area contributed by atoms with Crippen molar-refractivity contribution < 1.29 is 22.7 Å². The van der Waals surface area contributed by atoms with Gasteiger partial charge in [-0.3, -0.25) is 9.59 Å². The molecule has 29 heavy (non-hydrogen) atoms. The van der Waals surface area contributed by atoms with Crippen LogP contribution in [0.4, 0.5) is 0 Å². The fraction of sp³-hybridized carbons (Fsp3) is 0.550. The Morgan fingerprint density at radius 3 is 2.62 bits per heavy atom. The van der Waals surface area contributed by atoms with Gasteiger partial charge in [-0.2, -0.15) is 8.42 Å². The van der Waals surface area contributed by atoms with Crippen LogP contribution in [0.25, 0.3) is 0 Å². The zero-order valence-corrected chi connectivity index (χ0v) is 17.2. The fourth-order valence-electron chi connectivity index (χ4n) is 4.19. The Kier molecular flexibility index (Phi) is 5.33. The lowest BCUT2D eigenvalue weighted by molar-refractivity contribution is -0.163. The molecule has 2 saturated heterocycles. The highest BCUT2D eigenvalue weighted by Gasteiger charge is 2.36. The molecular formula is C20H25N3O5S. The quantitative estimate of drug-likeness (QED) is 0.687. The zero-order chi connectivity index (χ0) is 20.6. The van der Waals surface area contributed by atoms with Gasteiger partial charge in [-0.05, 0) is 44.7 Å². The number of ether oxygens (including phenoxy) is 1. The van der Waals surface area contributed by atoms with E-state index in [1.165, 1.54) is 0 Å². The maximum absolute atomic E-state index is 12.7. The largest absolute Gasteiger partial charge is 0.452 e. The summed E-state index contributed by atoms with van der Waals surface area (Å²) in [6.45, 7) is 3.99. The van der Waals surface area contributed by atoms with E-state index in [9.17, 15) is 18.0 Å². The van der Waals surface area contributed by atoms with Gasteiger partial charge in [-0.1, -0.05) is 12.1 Å². The van der Waals surface area contributed by atoms with Gasteiger partial charge in [-0.25, -0.2) is 0 Å². The molecule has 0 saturated carbocycles. The van der Waals surface area contributed by atoms with Crippen LogP contribution in [0.15, 0.2) is 33.6 Å². The van der Waals surface area contributed by atoms with Crippen LogP contribution < -0.4 is 0 Å². The van der Waals surface area contributed by atoms with Crippen molar-refractivity contribution in [3.63, 3.8) is 0 Å². The molecule has 0 bridgehead atoms. The second-order valence-electron chi connectivity index (χ2n) is 7.78. The predicted molar refractivity (Wildman–Crippen MR) is 106 cm³/mol. The molecular weight excluding hydrogens is 394 g/mol. The molecule has 1 amide bonds. The second-order valence-corrected chi connectivity index (χ2v) is 9.36. The Balaban J connectivity index is 1.44. The molecule has 2 atom stereocenters. The molecule has 0 aliphatic carbocycles. The molecule has 4 rings (SSSR count). The summed E-state index contributed by atoms with van der Waals surface area (Å²) < 4.78 is 34.1. The number of likely N-dealkylation sites (tertiary alicyclic amines) is 2. The molecule has 8 nitrogen and oxygen atoms in total. The van der Waals surface area contributed by atoms with Crippen molar-refractivity contribution >= 4 is 27.7 Å². The monoisotopic (exact) mass is 419 g/mol. The van der Waals surface area contributed by atoms with Crippen molar-refractivity contribution in [3.05, 3.63) is 29.8 Å². The number of amidine groups is 1. The number of rotatable bonds is 3. The summed E-state index contributed by atoms with van der Waals surface area (Å²) in [6.07, 6.45) is 2.52. The van der Waals surface area contributed by atoms with Crippen molar-refractivity contribution in [2.24, 2.45) is 10.3 Å². The first-order chi connectivity index (χ1) is 13.9. The lowest BCUT2D eigenvalue weighted by atomic mass is 9.97. The molecule has 0 N–H and O–H groups in total. The Bertz CT molecular complexity index is 953. The Hall–Kier alpha value is -2.42. The average molecular weight is 420 g/mol. The van der Waals surface area contributed by atoms with Crippen LogP contribution in [-0.2, 0) is 24.3 Å². The molecule has 9 heteroatoms. The van der Waals surface area contributed by atoms with Gasteiger partial charge < -0.3 is 14.5 Å². The molecule has 1 aromatic rings. The summed E-state index contributed by atoms with van der Waals surface area (Å²) in [5, 5.41) is 0. The third-order valence-corrected chi connectivity index (χ3v) is 7.05. The first-order valence-electron chi connectivity index (χ1n) is 10.1. The van der Waals surface area contributed by atoms with Crippen molar-refractivity contribution in [1.29, 1.82) is 0 Å². The maximum Gasteiger partial charge on any atom is 0.311 e. The van der Waals surface area contributed by atoms with Gasteiger partial charge in [0.2, 0.25) is 0 Å². The van der Waals surface area contributed by atoms with E-state index in [4.69, 9.17) is 4.74 Å². The van der Waals surface area contributed by atoms with Gasteiger partial charge in [0.25, 0.3) is 15.9 Å². The SMILES string of the molecule is C[C@H](OC(=O)[C@@H]1CCCN(C2=NS(=O)(=O)c3ccccc32)C1)C(=O)N1CCCC1. The Morgan fingerprint density at radius 1 is 1.14 bits per heavy atom. The van der Waals surface area contributed by atoms with E-state index in [1.807, 2.05) is 4.90 Å². The van der Waals surface area contributed by atoms with Crippen LogP contribution in [0.3, 0.4) is 0 Å². The molecule has 3 aliphatic heterocycles. The minimum atomic E-state index is -3.70.